The quantitative estimate of drug-likeness (QED) is 0.844. The number of H-pyrrole nitrogens is 1. The van der Waals surface area contributed by atoms with E-state index in [1.807, 2.05) is 0 Å². The SMILES string of the molecule is CCOC(=O)c1sc2nc(C(C)N3CCC(C)CC3)[nH]c(=O)c2c1C. The summed E-state index contributed by atoms with van der Waals surface area (Å²) in [6, 6.07) is 0.0537. The van der Waals surface area contributed by atoms with Crippen molar-refractivity contribution in [1.29, 1.82) is 0 Å². The number of piperidine rings is 1. The Morgan fingerprint density at radius 2 is 2.12 bits per heavy atom. The lowest BCUT2D eigenvalue weighted by Gasteiger charge is -2.34. The molecule has 2 aromatic rings. The van der Waals surface area contributed by atoms with Gasteiger partial charge in [-0.15, -0.1) is 11.3 Å². The summed E-state index contributed by atoms with van der Waals surface area (Å²) in [7, 11) is 0. The maximum Gasteiger partial charge on any atom is 0.348 e. The summed E-state index contributed by atoms with van der Waals surface area (Å²) in [6.07, 6.45) is 2.34. The molecule has 0 aliphatic carbocycles. The van der Waals surface area contributed by atoms with Crippen molar-refractivity contribution in [2.75, 3.05) is 19.7 Å². The molecule has 1 N–H and O–H groups in total. The van der Waals surface area contributed by atoms with Gasteiger partial charge in [0.15, 0.2) is 0 Å². The van der Waals surface area contributed by atoms with E-state index in [4.69, 9.17) is 4.74 Å². The zero-order chi connectivity index (χ0) is 18.1. The minimum absolute atomic E-state index is 0.0537. The van der Waals surface area contributed by atoms with Crippen LogP contribution in [-0.4, -0.2) is 40.5 Å². The Kier molecular flexibility index (Phi) is 5.24. The van der Waals surface area contributed by atoms with Crippen molar-refractivity contribution >= 4 is 27.5 Å². The van der Waals surface area contributed by atoms with E-state index in [9.17, 15) is 9.59 Å². The number of esters is 1. The molecule has 1 aliphatic heterocycles. The van der Waals surface area contributed by atoms with Crippen LogP contribution in [0.5, 0.6) is 0 Å². The molecule has 136 valence electrons. The first-order valence-electron chi connectivity index (χ1n) is 8.86. The van der Waals surface area contributed by atoms with Gasteiger partial charge in [-0.2, -0.15) is 0 Å². The van der Waals surface area contributed by atoms with Gasteiger partial charge in [0, 0.05) is 0 Å². The number of hydrogen-bond donors (Lipinski definition) is 1. The van der Waals surface area contributed by atoms with Crippen LogP contribution in [0.4, 0.5) is 0 Å². The van der Waals surface area contributed by atoms with Crippen LogP contribution in [0.2, 0.25) is 0 Å². The zero-order valence-electron chi connectivity index (χ0n) is 15.2. The smallest absolute Gasteiger partial charge is 0.348 e. The molecule has 3 heterocycles. The largest absolute Gasteiger partial charge is 0.462 e. The highest BCUT2D eigenvalue weighted by atomic mass is 32.1. The Hall–Kier alpha value is -1.73. The van der Waals surface area contributed by atoms with E-state index in [2.05, 4.69) is 28.7 Å². The van der Waals surface area contributed by atoms with E-state index in [1.54, 1.807) is 13.8 Å². The van der Waals surface area contributed by atoms with Crippen molar-refractivity contribution in [1.82, 2.24) is 14.9 Å². The molecule has 25 heavy (non-hydrogen) atoms. The van der Waals surface area contributed by atoms with E-state index in [1.165, 1.54) is 24.2 Å². The molecule has 7 heteroatoms. The Morgan fingerprint density at radius 3 is 2.76 bits per heavy atom. The van der Waals surface area contributed by atoms with E-state index < -0.39 is 0 Å². The summed E-state index contributed by atoms with van der Waals surface area (Å²) in [4.78, 5) is 35.7. The number of aromatic nitrogens is 2. The molecule has 0 amide bonds. The van der Waals surface area contributed by atoms with Crippen molar-refractivity contribution in [2.45, 2.75) is 46.6 Å². The Morgan fingerprint density at radius 1 is 1.44 bits per heavy atom. The number of ether oxygens (including phenoxy) is 1. The average molecular weight is 363 g/mol. The number of nitrogens with zero attached hydrogens (tertiary/aromatic N) is 2. The first-order valence-corrected chi connectivity index (χ1v) is 9.68. The van der Waals surface area contributed by atoms with E-state index in [0.717, 1.165) is 19.0 Å². The summed E-state index contributed by atoms with van der Waals surface area (Å²) >= 11 is 1.24. The second-order valence-electron chi connectivity index (χ2n) is 6.80. The number of carbonyl (C=O) groups is 1. The highest BCUT2D eigenvalue weighted by molar-refractivity contribution is 7.20. The minimum Gasteiger partial charge on any atom is -0.462 e. The maximum absolute atomic E-state index is 12.6. The van der Waals surface area contributed by atoms with Gasteiger partial charge in [0.25, 0.3) is 5.56 Å². The van der Waals surface area contributed by atoms with Crippen LogP contribution in [0.1, 0.15) is 60.7 Å². The Bertz CT molecular complexity index is 834. The van der Waals surface area contributed by atoms with Crippen LogP contribution in [0, 0.1) is 12.8 Å². The normalized spacial score (nSPS) is 17.8. The molecule has 1 aliphatic rings. The van der Waals surface area contributed by atoms with Crippen molar-refractivity contribution < 1.29 is 9.53 Å². The molecule has 0 radical (unpaired) electrons. The Balaban J connectivity index is 1.96. The molecule has 0 saturated carbocycles. The van der Waals surface area contributed by atoms with Gasteiger partial charge in [-0.1, -0.05) is 6.92 Å². The number of nitrogens with one attached hydrogen (secondary N) is 1. The lowest BCUT2D eigenvalue weighted by atomic mass is 9.98. The second-order valence-corrected chi connectivity index (χ2v) is 7.80. The number of thiophene rings is 1. The molecule has 0 spiro atoms. The molecule has 1 fully saturated rings. The highest BCUT2D eigenvalue weighted by Crippen LogP contribution is 2.30. The van der Waals surface area contributed by atoms with Crippen LogP contribution in [0.15, 0.2) is 4.79 Å². The number of carbonyl (C=O) groups excluding carboxylic acids is 1. The van der Waals surface area contributed by atoms with Crippen LogP contribution in [0.3, 0.4) is 0 Å². The molecule has 0 bridgehead atoms. The highest BCUT2D eigenvalue weighted by Gasteiger charge is 2.25. The summed E-state index contributed by atoms with van der Waals surface area (Å²) < 4.78 is 5.08. The fraction of sp³-hybridized carbons (Fsp3) is 0.611. The summed E-state index contributed by atoms with van der Waals surface area (Å²) in [5.74, 6) is 1.04. The van der Waals surface area contributed by atoms with E-state index in [-0.39, 0.29) is 17.6 Å². The number of likely N-dealkylation sites (tertiary alicyclic amines) is 1. The lowest BCUT2D eigenvalue weighted by molar-refractivity contribution is 0.0531. The van der Waals surface area contributed by atoms with Crippen molar-refractivity contribution in [3.8, 4) is 0 Å². The van der Waals surface area contributed by atoms with Crippen LogP contribution < -0.4 is 5.56 Å². The van der Waals surface area contributed by atoms with Crippen molar-refractivity contribution in [3.05, 3.63) is 26.6 Å². The zero-order valence-corrected chi connectivity index (χ0v) is 16.0. The van der Waals surface area contributed by atoms with Gasteiger partial charge in [0.05, 0.1) is 18.0 Å². The lowest BCUT2D eigenvalue weighted by Crippen LogP contribution is -2.36. The average Bonchev–Trinajstić information content (AvgIpc) is 2.92. The molecule has 3 rings (SSSR count). The van der Waals surface area contributed by atoms with Crippen LogP contribution in [0.25, 0.3) is 10.2 Å². The summed E-state index contributed by atoms with van der Waals surface area (Å²) in [5, 5.41) is 0.497. The Labute approximate surface area is 151 Å². The molecule has 6 nitrogen and oxygen atoms in total. The summed E-state index contributed by atoms with van der Waals surface area (Å²) in [6.45, 7) is 10.2. The van der Waals surface area contributed by atoms with Gasteiger partial charge in [-0.25, -0.2) is 9.78 Å². The third-order valence-corrected chi connectivity index (χ3v) is 6.21. The first kappa shape index (κ1) is 18.1. The topological polar surface area (TPSA) is 75.3 Å². The van der Waals surface area contributed by atoms with Crippen LogP contribution >= 0.6 is 11.3 Å². The predicted octanol–water partition coefficient (Wildman–Crippen LogP) is 3.26. The number of aromatic amines is 1. The molecule has 1 unspecified atom stereocenters. The van der Waals surface area contributed by atoms with Gasteiger partial charge in [-0.05, 0) is 58.2 Å². The van der Waals surface area contributed by atoms with Crippen LogP contribution in [-0.2, 0) is 4.74 Å². The number of aryl methyl sites for hydroxylation is 1. The number of rotatable bonds is 4. The third kappa shape index (κ3) is 3.48. The molecule has 0 aromatic carbocycles. The number of hydrogen-bond acceptors (Lipinski definition) is 6. The van der Waals surface area contributed by atoms with Gasteiger partial charge in [-0.3, -0.25) is 9.69 Å². The van der Waals surface area contributed by atoms with Crippen molar-refractivity contribution in [3.63, 3.8) is 0 Å². The fourth-order valence-corrected chi connectivity index (χ4v) is 4.42. The van der Waals surface area contributed by atoms with Gasteiger partial charge >= 0.3 is 5.97 Å². The molecule has 2 aromatic heterocycles. The second kappa shape index (κ2) is 7.25. The maximum atomic E-state index is 12.6. The molecular weight excluding hydrogens is 338 g/mol. The monoisotopic (exact) mass is 363 g/mol. The van der Waals surface area contributed by atoms with Gasteiger partial charge in [0.1, 0.15) is 15.5 Å². The standard InChI is InChI=1S/C18H25N3O3S/c1-5-24-18(23)14-11(3)13-16(22)19-15(20-17(13)25-14)12(4)21-8-6-10(2)7-9-21/h10,12H,5-9H2,1-4H3,(H,19,20,22). The van der Waals surface area contributed by atoms with Gasteiger partial charge < -0.3 is 9.72 Å². The van der Waals surface area contributed by atoms with Gasteiger partial charge in [0.2, 0.25) is 0 Å². The van der Waals surface area contributed by atoms with E-state index >= 15 is 0 Å². The van der Waals surface area contributed by atoms with Crippen molar-refractivity contribution in [2.24, 2.45) is 5.92 Å². The molecular formula is C18H25N3O3S. The first-order chi connectivity index (χ1) is 11.9. The third-order valence-electron chi connectivity index (χ3n) is 5.04. The number of fused-ring (bicyclic) bond motifs is 1. The molecule has 1 atom stereocenters. The van der Waals surface area contributed by atoms with E-state index in [0.29, 0.717) is 33.1 Å². The summed E-state index contributed by atoms with van der Waals surface area (Å²) in [5.41, 5.74) is 0.472. The predicted molar refractivity (Wildman–Crippen MR) is 99.3 cm³/mol. The molecule has 1 saturated heterocycles. The fourth-order valence-electron chi connectivity index (χ4n) is 3.34. The minimum atomic E-state index is -0.387.